The van der Waals surface area contributed by atoms with Crippen molar-refractivity contribution in [2.75, 3.05) is 0 Å². The summed E-state index contributed by atoms with van der Waals surface area (Å²) in [6.07, 6.45) is 2.08. The van der Waals surface area contributed by atoms with Crippen LogP contribution >= 0.6 is 0 Å². The number of carbonyl (C=O) groups is 2. The fraction of sp³-hybridized carbons (Fsp3) is 0.250. The summed E-state index contributed by atoms with van der Waals surface area (Å²) in [4.78, 5) is 30.1. The highest BCUT2D eigenvalue weighted by Crippen LogP contribution is 2.42. The topological polar surface area (TPSA) is 80.9 Å². The Kier molecular flexibility index (Phi) is 6.04. The molecule has 5 rings (SSSR count). The summed E-state index contributed by atoms with van der Waals surface area (Å²) < 4.78 is 35.3. The van der Waals surface area contributed by atoms with Crippen LogP contribution in [0.5, 0.6) is 5.75 Å². The summed E-state index contributed by atoms with van der Waals surface area (Å²) in [5, 5.41) is 9.85. The lowest BCUT2D eigenvalue weighted by atomic mass is 9.87. The van der Waals surface area contributed by atoms with Crippen LogP contribution < -0.4 is 4.74 Å². The van der Waals surface area contributed by atoms with E-state index in [9.17, 15) is 23.5 Å². The van der Waals surface area contributed by atoms with Crippen LogP contribution in [0.15, 0.2) is 54.7 Å². The third kappa shape index (κ3) is 4.02. The van der Waals surface area contributed by atoms with E-state index in [0.717, 1.165) is 28.8 Å². The Labute approximate surface area is 206 Å². The van der Waals surface area contributed by atoms with Crippen molar-refractivity contribution < 1.29 is 28.2 Å². The van der Waals surface area contributed by atoms with Gasteiger partial charge >= 0.3 is 5.97 Å². The lowest BCUT2D eigenvalue weighted by Crippen LogP contribution is -2.21. The molecule has 6 nitrogen and oxygen atoms in total. The standard InChI is InChI=1S/C28H24F2N2O4/c1-15-6-3-7-17-18(15)12-20(28(34)35)19(17)13-24(33)26-16(2)31-27-25(10-5-11-32(26)27)36-14-21-22(29)8-4-9-23(21)30/h3-11,19-20H,12-14H2,1-2H3,(H,34,35)/t19-,20-/m1/s1. The molecule has 2 atom stereocenters. The third-order valence-corrected chi connectivity index (χ3v) is 6.96. The summed E-state index contributed by atoms with van der Waals surface area (Å²) in [5.74, 6) is -3.43. The first-order valence-electron chi connectivity index (χ1n) is 11.6. The molecule has 0 saturated heterocycles. The quantitative estimate of drug-likeness (QED) is 0.350. The van der Waals surface area contributed by atoms with Crippen LogP contribution in [-0.4, -0.2) is 26.2 Å². The maximum Gasteiger partial charge on any atom is 0.307 e. The first kappa shape index (κ1) is 23.7. The number of Topliss-reactive ketones (excluding diaryl/α,β-unsaturated/α-hetero) is 1. The number of halogens is 2. The molecule has 36 heavy (non-hydrogen) atoms. The van der Waals surface area contributed by atoms with E-state index in [0.29, 0.717) is 23.5 Å². The summed E-state index contributed by atoms with van der Waals surface area (Å²) in [5.41, 5.74) is 3.85. The second-order valence-electron chi connectivity index (χ2n) is 9.13. The third-order valence-electron chi connectivity index (χ3n) is 6.96. The molecule has 0 bridgehead atoms. The van der Waals surface area contributed by atoms with E-state index in [-0.39, 0.29) is 30.1 Å². The molecule has 0 fully saturated rings. The lowest BCUT2D eigenvalue weighted by Gasteiger charge is -2.16. The van der Waals surface area contributed by atoms with Gasteiger partial charge in [-0.3, -0.25) is 14.0 Å². The maximum atomic E-state index is 14.0. The van der Waals surface area contributed by atoms with E-state index in [1.165, 1.54) is 6.07 Å². The average molecular weight is 491 g/mol. The van der Waals surface area contributed by atoms with Crippen LogP contribution in [-0.2, 0) is 17.8 Å². The predicted molar refractivity (Wildman–Crippen MR) is 128 cm³/mol. The van der Waals surface area contributed by atoms with Crippen LogP contribution in [0.1, 0.15) is 50.8 Å². The van der Waals surface area contributed by atoms with Gasteiger partial charge in [-0.1, -0.05) is 24.3 Å². The van der Waals surface area contributed by atoms with Crippen molar-refractivity contribution in [2.24, 2.45) is 5.92 Å². The van der Waals surface area contributed by atoms with Crippen LogP contribution in [0.25, 0.3) is 5.65 Å². The van der Waals surface area contributed by atoms with E-state index < -0.39 is 29.4 Å². The van der Waals surface area contributed by atoms with Gasteiger partial charge in [-0.25, -0.2) is 13.8 Å². The van der Waals surface area contributed by atoms with Gasteiger partial charge in [0.25, 0.3) is 0 Å². The number of aromatic nitrogens is 2. The molecular formula is C28H24F2N2O4. The lowest BCUT2D eigenvalue weighted by molar-refractivity contribution is -0.142. The number of hydrogen-bond acceptors (Lipinski definition) is 4. The van der Waals surface area contributed by atoms with Gasteiger partial charge in [0.05, 0.1) is 17.2 Å². The first-order valence-corrected chi connectivity index (χ1v) is 11.6. The zero-order valence-electron chi connectivity index (χ0n) is 19.8. The van der Waals surface area contributed by atoms with Crippen LogP contribution in [0.3, 0.4) is 0 Å². The Morgan fingerprint density at radius 1 is 1.08 bits per heavy atom. The fourth-order valence-electron chi connectivity index (χ4n) is 5.16. The van der Waals surface area contributed by atoms with Gasteiger partial charge in [0.15, 0.2) is 17.2 Å². The van der Waals surface area contributed by atoms with Crippen LogP contribution in [0.4, 0.5) is 8.78 Å². The zero-order valence-corrected chi connectivity index (χ0v) is 19.8. The Morgan fingerprint density at radius 3 is 2.53 bits per heavy atom. The molecule has 184 valence electrons. The molecule has 2 heterocycles. The average Bonchev–Trinajstić information content (AvgIpc) is 3.37. The molecule has 1 aliphatic carbocycles. The molecule has 2 aromatic heterocycles. The number of aryl methyl sites for hydroxylation is 2. The van der Waals surface area contributed by atoms with Crippen molar-refractivity contribution in [1.29, 1.82) is 0 Å². The van der Waals surface area contributed by atoms with Gasteiger partial charge in [-0.2, -0.15) is 0 Å². The zero-order chi connectivity index (χ0) is 25.6. The molecule has 0 saturated carbocycles. The fourth-order valence-corrected chi connectivity index (χ4v) is 5.16. The number of carboxylic acid groups (broad SMARTS) is 1. The van der Waals surface area contributed by atoms with Crippen molar-refractivity contribution >= 4 is 17.4 Å². The Hall–Kier alpha value is -4.07. The molecule has 1 aliphatic rings. The van der Waals surface area contributed by atoms with Crippen molar-refractivity contribution in [3.8, 4) is 5.75 Å². The summed E-state index contributed by atoms with van der Waals surface area (Å²) in [6.45, 7) is 3.30. The largest absolute Gasteiger partial charge is 0.485 e. The molecule has 0 radical (unpaired) electrons. The van der Waals surface area contributed by atoms with E-state index in [1.807, 2.05) is 25.1 Å². The Morgan fingerprint density at radius 2 is 1.81 bits per heavy atom. The predicted octanol–water partition coefficient (Wildman–Crippen LogP) is 5.42. The number of rotatable bonds is 7. The van der Waals surface area contributed by atoms with Crippen molar-refractivity contribution in [1.82, 2.24) is 9.38 Å². The van der Waals surface area contributed by atoms with Gasteiger partial charge in [0.1, 0.15) is 23.9 Å². The second kappa shape index (κ2) is 9.18. The normalized spacial score (nSPS) is 16.8. The number of fused-ring (bicyclic) bond motifs is 2. The molecule has 1 N–H and O–H groups in total. The summed E-state index contributed by atoms with van der Waals surface area (Å²) >= 11 is 0. The minimum Gasteiger partial charge on any atom is -0.485 e. The Bertz CT molecular complexity index is 1490. The molecule has 0 amide bonds. The Balaban J connectivity index is 1.46. The number of benzene rings is 2. The number of aliphatic carboxylic acids is 1. The summed E-state index contributed by atoms with van der Waals surface area (Å²) in [6, 6.07) is 12.6. The van der Waals surface area contributed by atoms with Gasteiger partial charge in [-0.05, 0) is 61.2 Å². The van der Waals surface area contributed by atoms with E-state index >= 15 is 0 Å². The van der Waals surface area contributed by atoms with Gasteiger partial charge in [-0.15, -0.1) is 0 Å². The van der Waals surface area contributed by atoms with Crippen LogP contribution in [0, 0.1) is 31.4 Å². The molecule has 0 aliphatic heterocycles. The minimum absolute atomic E-state index is 0.0214. The SMILES string of the molecule is Cc1cccc2c1C[C@@H](C(=O)O)[C@@H]2CC(=O)c1c(C)nc2c(OCc3c(F)cccc3F)cccn12. The van der Waals surface area contributed by atoms with Crippen molar-refractivity contribution in [3.05, 3.63) is 100 Å². The number of imidazole rings is 1. The van der Waals surface area contributed by atoms with Gasteiger partial charge < -0.3 is 9.84 Å². The van der Waals surface area contributed by atoms with Crippen molar-refractivity contribution in [2.45, 2.75) is 39.2 Å². The van der Waals surface area contributed by atoms with Crippen LogP contribution in [0.2, 0.25) is 0 Å². The monoisotopic (exact) mass is 490 g/mol. The van der Waals surface area contributed by atoms with E-state index in [4.69, 9.17) is 4.74 Å². The molecule has 0 spiro atoms. The highest BCUT2D eigenvalue weighted by Gasteiger charge is 2.39. The highest BCUT2D eigenvalue weighted by molar-refractivity contribution is 5.97. The van der Waals surface area contributed by atoms with E-state index in [1.54, 1.807) is 29.7 Å². The molecule has 2 aromatic carbocycles. The highest BCUT2D eigenvalue weighted by atomic mass is 19.1. The molecule has 8 heteroatoms. The van der Waals surface area contributed by atoms with E-state index in [2.05, 4.69) is 4.98 Å². The number of pyridine rings is 1. The number of carboxylic acids is 1. The smallest absolute Gasteiger partial charge is 0.307 e. The molecule has 0 unspecified atom stereocenters. The first-order chi connectivity index (χ1) is 17.3. The molecule has 4 aromatic rings. The number of ketones is 1. The number of nitrogens with zero attached hydrogens (tertiary/aromatic N) is 2. The van der Waals surface area contributed by atoms with Crippen molar-refractivity contribution in [3.63, 3.8) is 0 Å². The molecular weight excluding hydrogens is 466 g/mol. The maximum absolute atomic E-state index is 14.0. The number of carbonyl (C=O) groups excluding carboxylic acids is 1. The van der Waals surface area contributed by atoms with Gasteiger partial charge in [0, 0.05) is 18.5 Å². The van der Waals surface area contributed by atoms with Gasteiger partial charge in [0.2, 0.25) is 0 Å². The summed E-state index contributed by atoms with van der Waals surface area (Å²) in [7, 11) is 0. The number of ether oxygens (including phenoxy) is 1. The number of hydrogen-bond donors (Lipinski definition) is 1. The second-order valence-corrected chi connectivity index (χ2v) is 9.13. The minimum atomic E-state index is -0.922.